The summed E-state index contributed by atoms with van der Waals surface area (Å²) in [7, 11) is 0. The first-order valence-electron chi connectivity index (χ1n) is 6.13. The van der Waals surface area contributed by atoms with Crippen LogP contribution in [-0.4, -0.2) is 42.0 Å². The molecule has 19 heavy (non-hydrogen) atoms. The molecular weight excluding hydrogens is 263 g/mol. The Balaban J connectivity index is 2.56. The highest BCUT2D eigenvalue weighted by atomic mass is 19.4. The van der Waals surface area contributed by atoms with E-state index < -0.39 is 12.7 Å². The molecule has 0 radical (unpaired) electrons. The monoisotopic (exact) mass is 281 g/mol. The van der Waals surface area contributed by atoms with E-state index in [9.17, 15) is 18.0 Å². The second kappa shape index (κ2) is 6.74. The molecular formula is C11H18F3N3O2. The van der Waals surface area contributed by atoms with Crippen molar-refractivity contribution < 1.29 is 22.8 Å². The van der Waals surface area contributed by atoms with Gasteiger partial charge in [0.05, 0.1) is 0 Å². The molecule has 0 heterocycles. The van der Waals surface area contributed by atoms with Crippen molar-refractivity contribution in [2.45, 2.75) is 44.8 Å². The zero-order valence-electron chi connectivity index (χ0n) is 10.7. The summed E-state index contributed by atoms with van der Waals surface area (Å²) in [5.74, 6) is 4.17. The van der Waals surface area contributed by atoms with Gasteiger partial charge in [0.1, 0.15) is 13.0 Å². The number of nitrogens with two attached hydrogens (primary N) is 1. The number of carbonyl (C=O) groups is 1. The van der Waals surface area contributed by atoms with Crippen LogP contribution in [0, 0.1) is 0 Å². The van der Waals surface area contributed by atoms with Gasteiger partial charge in [-0.1, -0.05) is 6.92 Å². The van der Waals surface area contributed by atoms with Crippen molar-refractivity contribution in [1.29, 1.82) is 0 Å². The fraction of sp³-hybridized carbons (Fsp3) is 0.818. The van der Waals surface area contributed by atoms with Crippen molar-refractivity contribution in [2.24, 2.45) is 10.9 Å². The molecule has 0 aromatic carbocycles. The molecule has 1 amide bonds. The lowest BCUT2D eigenvalue weighted by Gasteiger charge is -2.21. The normalized spacial score (nSPS) is 16.4. The Bertz CT molecular complexity index is 341. The van der Waals surface area contributed by atoms with Crippen molar-refractivity contribution in [1.82, 2.24) is 4.90 Å². The highest BCUT2D eigenvalue weighted by Gasteiger charge is 2.33. The van der Waals surface area contributed by atoms with E-state index in [0.717, 1.165) is 19.3 Å². The molecule has 0 atom stereocenters. The van der Waals surface area contributed by atoms with E-state index in [4.69, 9.17) is 5.90 Å². The summed E-state index contributed by atoms with van der Waals surface area (Å²) >= 11 is 0. The lowest BCUT2D eigenvalue weighted by atomic mass is 10.3. The number of alkyl halides is 3. The van der Waals surface area contributed by atoms with Crippen LogP contribution in [-0.2, 0) is 9.63 Å². The molecule has 1 fully saturated rings. The summed E-state index contributed by atoms with van der Waals surface area (Å²) in [5.41, 5.74) is 0. The van der Waals surface area contributed by atoms with Crippen molar-refractivity contribution in [2.75, 3.05) is 13.1 Å². The molecule has 0 aromatic rings. The van der Waals surface area contributed by atoms with Crippen LogP contribution in [0.2, 0.25) is 0 Å². The Morgan fingerprint density at radius 2 is 2.11 bits per heavy atom. The Morgan fingerprint density at radius 1 is 1.47 bits per heavy atom. The van der Waals surface area contributed by atoms with Crippen molar-refractivity contribution in [3.05, 3.63) is 0 Å². The quantitative estimate of drug-likeness (QED) is 0.457. The minimum atomic E-state index is -4.44. The zero-order valence-corrected chi connectivity index (χ0v) is 10.7. The van der Waals surface area contributed by atoms with Crippen LogP contribution >= 0.6 is 0 Å². The average molecular weight is 281 g/mol. The highest BCUT2D eigenvalue weighted by molar-refractivity contribution is 5.97. The van der Waals surface area contributed by atoms with Crippen LogP contribution < -0.4 is 5.90 Å². The van der Waals surface area contributed by atoms with Crippen molar-refractivity contribution in [3.63, 3.8) is 0 Å². The Hall–Kier alpha value is -1.31. The van der Waals surface area contributed by atoms with Crippen molar-refractivity contribution >= 4 is 11.8 Å². The van der Waals surface area contributed by atoms with Gasteiger partial charge < -0.3 is 9.74 Å². The number of hydrogen-bond donors (Lipinski definition) is 1. The van der Waals surface area contributed by atoms with E-state index in [1.807, 2.05) is 6.92 Å². The molecule has 1 rings (SSSR count). The van der Waals surface area contributed by atoms with Gasteiger partial charge in [0.15, 0.2) is 0 Å². The van der Waals surface area contributed by atoms with Gasteiger partial charge in [-0.15, -0.1) is 0 Å². The first-order chi connectivity index (χ1) is 8.87. The summed E-state index contributed by atoms with van der Waals surface area (Å²) in [6, 6.07) is 0.203. The predicted octanol–water partition coefficient (Wildman–Crippen LogP) is 1.63. The maximum Gasteiger partial charge on any atom is 0.408 e. The van der Waals surface area contributed by atoms with Crippen LogP contribution in [0.5, 0.6) is 0 Å². The molecule has 0 bridgehead atoms. The molecule has 5 nitrogen and oxygen atoms in total. The summed E-state index contributed by atoms with van der Waals surface area (Å²) in [6.45, 7) is 1.12. The molecule has 1 saturated carbocycles. The van der Waals surface area contributed by atoms with Crippen LogP contribution in [0.3, 0.4) is 0 Å². The fourth-order valence-electron chi connectivity index (χ4n) is 1.68. The van der Waals surface area contributed by atoms with Crippen LogP contribution in [0.1, 0.15) is 32.6 Å². The number of hydrogen-bond acceptors (Lipinski definition) is 4. The van der Waals surface area contributed by atoms with Gasteiger partial charge in [-0.3, -0.25) is 4.79 Å². The standard InChI is InChI=1S/C11H18F3N3O2/c1-2-5-17(8-3-4-8)10(18)6-9(19-15)16-7-11(12,13)14/h8H,2-7,15H2,1H3. The molecule has 8 heteroatoms. The van der Waals surface area contributed by atoms with E-state index in [0.29, 0.717) is 6.54 Å². The fourth-order valence-corrected chi connectivity index (χ4v) is 1.68. The Kier molecular flexibility index (Phi) is 5.59. The Labute approximate surface area is 109 Å². The topological polar surface area (TPSA) is 67.9 Å². The molecule has 0 unspecified atom stereocenters. The van der Waals surface area contributed by atoms with Crippen LogP contribution in [0.4, 0.5) is 13.2 Å². The number of halogens is 3. The van der Waals surface area contributed by atoms with Crippen molar-refractivity contribution in [3.8, 4) is 0 Å². The van der Waals surface area contributed by atoms with Gasteiger partial charge in [-0.05, 0) is 19.3 Å². The van der Waals surface area contributed by atoms with E-state index in [1.165, 1.54) is 0 Å². The smallest absolute Gasteiger partial charge is 0.396 e. The summed E-state index contributed by atoms with van der Waals surface area (Å²) in [4.78, 5) is 21.0. The number of rotatable bonds is 6. The maximum absolute atomic E-state index is 12.0. The number of amides is 1. The number of aliphatic imine (C=N–C) groups is 1. The predicted molar refractivity (Wildman–Crippen MR) is 63.3 cm³/mol. The highest BCUT2D eigenvalue weighted by Crippen LogP contribution is 2.27. The zero-order chi connectivity index (χ0) is 14.5. The van der Waals surface area contributed by atoms with Gasteiger partial charge in [0.25, 0.3) is 0 Å². The lowest BCUT2D eigenvalue weighted by molar-refractivity contribution is -0.131. The first-order valence-corrected chi connectivity index (χ1v) is 6.13. The van der Waals surface area contributed by atoms with E-state index in [2.05, 4.69) is 9.83 Å². The molecule has 2 N–H and O–H groups in total. The summed E-state index contributed by atoms with van der Waals surface area (Å²) < 4.78 is 36.0. The lowest BCUT2D eigenvalue weighted by Crippen LogP contribution is -2.36. The van der Waals surface area contributed by atoms with Gasteiger partial charge in [0.2, 0.25) is 11.8 Å². The van der Waals surface area contributed by atoms with E-state index >= 15 is 0 Å². The Morgan fingerprint density at radius 3 is 2.53 bits per heavy atom. The largest absolute Gasteiger partial charge is 0.408 e. The second-order valence-electron chi connectivity index (χ2n) is 4.44. The minimum absolute atomic E-state index is 0.203. The maximum atomic E-state index is 12.0. The number of carbonyl (C=O) groups excluding carboxylic acids is 1. The SMILES string of the molecule is CCCN(C(=O)CC(=NCC(F)(F)F)ON)C1CC1. The molecule has 0 spiro atoms. The molecule has 0 aromatic heterocycles. The first kappa shape index (κ1) is 15.7. The summed E-state index contributed by atoms with van der Waals surface area (Å²) in [5, 5.41) is 0. The van der Waals surface area contributed by atoms with Gasteiger partial charge >= 0.3 is 6.18 Å². The molecule has 1 aliphatic carbocycles. The second-order valence-corrected chi connectivity index (χ2v) is 4.44. The average Bonchev–Trinajstić information content (AvgIpc) is 3.14. The molecule has 1 aliphatic rings. The van der Waals surface area contributed by atoms with Gasteiger partial charge in [-0.2, -0.15) is 19.1 Å². The molecule has 110 valence electrons. The van der Waals surface area contributed by atoms with Crippen LogP contribution in [0.15, 0.2) is 4.99 Å². The minimum Gasteiger partial charge on any atom is -0.396 e. The third kappa shape index (κ3) is 5.91. The van der Waals surface area contributed by atoms with Gasteiger partial charge in [-0.25, -0.2) is 4.99 Å². The van der Waals surface area contributed by atoms with E-state index in [-0.39, 0.29) is 24.3 Å². The van der Waals surface area contributed by atoms with Gasteiger partial charge in [0, 0.05) is 12.6 Å². The van der Waals surface area contributed by atoms with Crippen LogP contribution in [0.25, 0.3) is 0 Å². The third-order valence-electron chi connectivity index (χ3n) is 2.65. The summed E-state index contributed by atoms with van der Waals surface area (Å²) in [6.07, 6.45) is -2.11. The third-order valence-corrected chi connectivity index (χ3v) is 2.65. The van der Waals surface area contributed by atoms with E-state index in [1.54, 1.807) is 4.90 Å². The molecule has 0 aliphatic heterocycles. The number of nitrogens with zero attached hydrogens (tertiary/aromatic N) is 2. The molecule has 0 saturated heterocycles.